The first-order valence-electron chi connectivity index (χ1n) is 7.99. The molecule has 1 heterocycles. The lowest BCUT2D eigenvalue weighted by molar-refractivity contribution is 0.538. The summed E-state index contributed by atoms with van der Waals surface area (Å²) in [6.45, 7) is 3.50. The number of benzene rings is 2. The topological polar surface area (TPSA) is 49.6 Å². The Morgan fingerprint density at radius 2 is 1.88 bits per heavy atom. The zero-order valence-electron chi connectivity index (χ0n) is 13.6. The lowest BCUT2D eigenvalue weighted by atomic mass is 10.2. The molecule has 0 bridgehead atoms. The minimum atomic E-state index is -0.241. The Balaban J connectivity index is 1.67. The summed E-state index contributed by atoms with van der Waals surface area (Å²) < 4.78 is 19.4. The second kappa shape index (κ2) is 7.64. The molecule has 0 aliphatic rings. The Bertz CT molecular complexity index is 808. The Hall–Kier alpha value is -2.82. The highest BCUT2D eigenvalue weighted by atomic mass is 19.1. The van der Waals surface area contributed by atoms with Crippen LogP contribution in [0.15, 0.2) is 64.0 Å². The summed E-state index contributed by atoms with van der Waals surface area (Å²) in [6, 6.07) is 16.5. The number of guanidine groups is 1. The van der Waals surface area contributed by atoms with Crippen molar-refractivity contribution < 1.29 is 8.81 Å². The van der Waals surface area contributed by atoms with Gasteiger partial charge in [0.05, 0.1) is 13.1 Å². The quantitative estimate of drug-likeness (QED) is 0.554. The Morgan fingerprint density at radius 3 is 2.67 bits per heavy atom. The summed E-state index contributed by atoms with van der Waals surface area (Å²) in [4.78, 5) is 4.43. The van der Waals surface area contributed by atoms with Crippen molar-refractivity contribution in [1.29, 1.82) is 0 Å². The smallest absolute Gasteiger partial charge is 0.191 e. The number of fused-ring (bicyclic) bond motifs is 1. The molecule has 3 rings (SSSR count). The van der Waals surface area contributed by atoms with E-state index in [1.807, 2.05) is 43.3 Å². The zero-order valence-corrected chi connectivity index (χ0v) is 13.6. The van der Waals surface area contributed by atoms with Crippen LogP contribution in [0.2, 0.25) is 0 Å². The van der Waals surface area contributed by atoms with Crippen molar-refractivity contribution in [2.24, 2.45) is 4.99 Å². The molecule has 0 aliphatic carbocycles. The molecule has 0 aliphatic heterocycles. The van der Waals surface area contributed by atoms with Crippen molar-refractivity contribution in [2.75, 3.05) is 6.54 Å². The third-order valence-corrected chi connectivity index (χ3v) is 3.62. The molecule has 24 heavy (non-hydrogen) atoms. The predicted molar refractivity (Wildman–Crippen MR) is 94.3 cm³/mol. The molecule has 124 valence electrons. The average molecular weight is 325 g/mol. The van der Waals surface area contributed by atoms with Crippen molar-refractivity contribution in [3.8, 4) is 0 Å². The molecule has 2 aromatic carbocycles. The highest BCUT2D eigenvalue weighted by Gasteiger charge is 2.05. The summed E-state index contributed by atoms with van der Waals surface area (Å²) in [5.74, 6) is 1.21. The molecule has 3 aromatic rings. The molecular weight excluding hydrogens is 305 g/mol. The second-order valence-electron chi connectivity index (χ2n) is 5.39. The first kappa shape index (κ1) is 16.1. The van der Waals surface area contributed by atoms with Gasteiger partial charge in [-0.1, -0.05) is 36.4 Å². The molecule has 1 aromatic heterocycles. The van der Waals surface area contributed by atoms with Gasteiger partial charge in [0, 0.05) is 17.5 Å². The molecule has 0 saturated heterocycles. The number of nitrogens with one attached hydrogen (secondary N) is 2. The maximum atomic E-state index is 13.7. The van der Waals surface area contributed by atoms with E-state index in [1.54, 1.807) is 12.1 Å². The van der Waals surface area contributed by atoms with Crippen LogP contribution in [0.1, 0.15) is 18.2 Å². The standard InChI is InChI=1S/C19H20FN3O/c1-2-21-19(22-12-15-8-3-5-9-17(15)20)23-13-16-11-14-7-4-6-10-18(14)24-16/h3-11H,2,12-13H2,1H3,(H2,21,22,23). The lowest BCUT2D eigenvalue weighted by Crippen LogP contribution is -2.36. The van der Waals surface area contributed by atoms with E-state index in [-0.39, 0.29) is 12.4 Å². The fraction of sp³-hybridized carbons (Fsp3) is 0.211. The molecule has 5 heteroatoms. The highest BCUT2D eigenvalue weighted by Crippen LogP contribution is 2.18. The molecular formula is C19H20FN3O. The van der Waals surface area contributed by atoms with Gasteiger partial charge in [-0.25, -0.2) is 9.38 Å². The minimum absolute atomic E-state index is 0.241. The fourth-order valence-electron chi connectivity index (χ4n) is 2.43. The van der Waals surface area contributed by atoms with Gasteiger partial charge in [0.15, 0.2) is 5.96 Å². The van der Waals surface area contributed by atoms with E-state index in [4.69, 9.17) is 4.42 Å². The van der Waals surface area contributed by atoms with Crippen molar-refractivity contribution in [1.82, 2.24) is 10.6 Å². The first-order chi connectivity index (χ1) is 11.8. The molecule has 2 N–H and O–H groups in total. The number of para-hydroxylation sites is 1. The van der Waals surface area contributed by atoms with Gasteiger partial charge in [-0.05, 0) is 25.1 Å². The van der Waals surface area contributed by atoms with Crippen molar-refractivity contribution in [3.63, 3.8) is 0 Å². The molecule has 0 radical (unpaired) electrons. The van der Waals surface area contributed by atoms with E-state index in [9.17, 15) is 4.39 Å². The van der Waals surface area contributed by atoms with E-state index in [2.05, 4.69) is 15.6 Å². The van der Waals surface area contributed by atoms with Gasteiger partial charge in [0.1, 0.15) is 17.2 Å². The molecule has 0 atom stereocenters. The van der Waals surface area contributed by atoms with Crippen molar-refractivity contribution in [2.45, 2.75) is 20.0 Å². The summed E-state index contributed by atoms with van der Waals surface area (Å²) in [5, 5.41) is 7.43. The van der Waals surface area contributed by atoms with Crippen LogP contribution in [-0.2, 0) is 13.1 Å². The van der Waals surface area contributed by atoms with E-state index >= 15 is 0 Å². The summed E-state index contributed by atoms with van der Waals surface area (Å²) in [7, 11) is 0. The minimum Gasteiger partial charge on any atom is -0.459 e. The first-order valence-corrected chi connectivity index (χ1v) is 7.99. The number of rotatable bonds is 5. The van der Waals surface area contributed by atoms with Gasteiger partial charge in [0.25, 0.3) is 0 Å². The van der Waals surface area contributed by atoms with Gasteiger partial charge in [-0.2, -0.15) is 0 Å². The molecule has 0 unspecified atom stereocenters. The zero-order chi connectivity index (χ0) is 16.8. The van der Waals surface area contributed by atoms with Crippen LogP contribution in [0.3, 0.4) is 0 Å². The number of furan rings is 1. The maximum absolute atomic E-state index is 13.7. The van der Waals surface area contributed by atoms with Crippen LogP contribution in [0, 0.1) is 5.82 Å². The van der Waals surface area contributed by atoms with Crippen LogP contribution in [-0.4, -0.2) is 12.5 Å². The van der Waals surface area contributed by atoms with Gasteiger partial charge < -0.3 is 15.1 Å². The monoisotopic (exact) mass is 325 g/mol. The number of halogens is 1. The largest absolute Gasteiger partial charge is 0.459 e. The Morgan fingerprint density at radius 1 is 1.08 bits per heavy atom. The van der Waals surface area contributed by atoms with Gasteiger partial charge in [-0.15, -0.1) is 0 Å². The molecule has 0 saturated carbocycles. The number of hydrogen-bond acceptors (Lipinski definition) is 2. The maximum Gasteiger partial charge on any atom is 0.191 e. The summed E-state index contributed by atoms with van der Waals surface area (Å²) in [6.07, 6.45) is 0. The third-order valence-electron chi connectivity index (χ3n) is 3.62. The Labute approximate surface area is 140 Å². The second-order valence-corrected chi connectivity index (χ2v) is 5.39. The van der Waals surface area contributed by atoms with Crippen LogP contribution in [0.25, 0.3) is 11.0 Å². The molecule has 0 spiro atoms. The van der Waals surface area contributed by atoms with Crippen LogP contribution in [0.5, 0.6) is 0 Å². The average Bonchev–Trinajstić information content (AvgIpc) is 3.01. The van der Waals surface area contributed by atoms with Gasteiger partial charge >= 0.3 is 0 Å². The summed E-state index contributed by atoms with van der Waals surface area (Å²) in [5.41, 5.74) is 1.43. The summed E-state index contributed by atoms with van der Waals surface area (Å²) >= 11 is 0. The van der Waals surface area contributed by atoms with E-state index in [1.165, 1.54) is 6.07 Å². The number of hydrogen-bond donors (Lipinski definition) is 2. The van der Waals surface area contributed by atoms with Crippen LogP contribution < -0.4 is 10.6 Å². The van der Waals surface area contributed by atoms with Gasteiger partial charge in [0.2, 0.25) is 0 Å². The Kier molecular flexibility index (Phi) is 5.11. The molecule has 0 fully saturated rings. The molecule has 0 amide bonds. The fourth-order valence-corrected chi connectivity index (χ4v) is 2.43. The van der Waals surface area contributed by atoms with Crippen molar-refractivity contribution in [3.05, 3.63) is 71.7 Å². The SMILES string of the molecule is CCNC(=NCc1ccccc1F)NCc1cc2ccccc2o1. The number of aliphatic imine (C=N–C) groups is 1. The molecule has 4 nitrogen and oxygen atoms in total. The number of nitrogens with zero attached hydrogens (tertiary/aromatic N) is 1. The lowest BCUT2D eigenvalue weighted by Gasteiger charge is -2.10. The normalized spacial score (nSPS) is 11.7. The third kappa shape index (κ3) is 3.93. The van der Waals surface area contributed by atoms with E-state index in [0.717, 1.165) is 23.3 Å². The van der Waals surface area contributed by atoms with Crippen molar-refractivity contribution >= 4 is 16.9 Å². The van der Waals surface area contributed by atoms with Gasteiger partial charge in [-0.3, -0.25) is 0 Å². The predicted octanol–water partition coefficient (Wildman–Crippen LogP) is 3.83. The van der Waals surface area contributed by atoms with E-state index in [0.29, 0.717) is 18.1 Å². The van der Waals surface area contributed by atoms with Crippen LogP contribution in [0.4, 0.5) is 4.39 Å². The highest BCUT2D eigenvalue weighted by molar-refractivity contribution is 5.80. The van der Waals surface area contributed by atoms with Crippen LogP contribution >= 0.6 is 0 Å². The van der Waals surface area contributed by atoms with E-state index < -0.39 is 0 Å².